The number of carboxylic acids is 1. The maximum Gasteiger partial charge on any atom is 0.361 e. The monoisotopic (exact) mass is 1270 g/mol. The highest BCUT2D eigenvalue weighted by Crippen LogP contribution is 2.19. The molecule has 0 aliphatic carbocycles. The van der Waals surface area contributed by atoms with Gasteiger partial charge in [0.15, 0.2) is 6.10 Å². The Balaban J connectivity index is 4.02. The molecular weight excluding hydrogens is 1130 g/mol. The van der Waals surface area contributed by atoms with E-state index in [9.17, 15) is 19.5 Å². The number of likely N-dealkylation sites (N-methyl/N-ethyl adjacent to an activating group) is 1. The summed E-state index contributed by atoms with van der Waals surface area (Å²) < 4.78 is 23.0. The van der Waals surface area contributed by atoms with Crippen molar-refractivity contribution in [2.45, 2.75) is 347 Å². The molecule has 9 heteroatoms. The highest BCUT2D eigenvalue weighted by molar-refractivity contribution is 5.71. The molecule has 1 N–H and O–H groups in total. The van der Waals surface area contributed by atoms with E-state index in [2.05, 4.69) is 123 Å². The van der Waals surface area contributed by atoms with Crippen LogP contribution in [0.3, 0.4) is 0 Å². The van der Waals surface area contributed by atoms with Crippen molar-refractivity contribution in [3.8, 4) is 0 Å². The van der Waals surface area contributed by atoms with Crippen LogP contribution in [0.2, 0.25) is 0 Å². The van der Waals surface area contributed by atoms with E-state index >= 15 is 0 Å². The molecule has 0 aromatic rings. The van der Waals surface area contributed by atoms with Gasteiger partial charge in [-0.05, 0) is 96.3 Å². The molecule has 2 unspecified atom stereocenters. The van der Waals surface area contributed by atoms with Crippen molar-refractivity contribution in [2.24, 2.45) is 0 Å². The number of esters is 2. The fraction of sp³-hybridized carbons (Fsp3) is 0.744. The minimum atomic E-state index is -1.51. The second-order valence-corrected chi connectivity index (χ2v) is 26.6. The molecule has 524 valence electrons. The molecule has 0 spiro atoms. The summed E-state index contributed by atoms with van der Waals surface area (Å²) in [5.74, 6) is -1.99. The minimum absolute atomic E-state index is 0.182. The fourth-order valence-corrected chi connectivity index (χ4v) is 10.8. The number of quaternary nitrogens is 1. The van der Waals surface area contributed by atoms with Crippen molar-refractivity contribution in [1.82, 2.24) is 0 Å². The van der Waals surface area contributed by atoms with Crippen LogP contribution < -0.4 is 0 Å². The number of carbonyl (C=O) groups excluding carboxylic acids is 2. The van der Waals surface area contributed by atoms with Gasteiger partial charge in [0.2, 0.25) is 0 Å². The Hall–Kier alpha value is -4.05. The lowest BCUT2D eigenvalue weighted by atomic mass is 10.0. The summed E-state index contributed by atoms with van der Waals surface area (Å²) in [7, 11) is 5.99. The molecule has 0 amide bonds. The Bertz CT molecular complexity index is 1870. The smallest absolute Gasteiger partial charge is 0.361 e. The molecule has 91 heavy (non-hydrogen) atoms. The van der Waals surface area contributed by atoms with Gasteiger partial charge in [-0.1, -0.05) is 335 Å². The van der Waals surface area contributed by atoms with Gasteiger partial charge in [0, 0.05) is 12.8 Å². The first kappa shape index (κ1) is 87.0. The molecule has 0 rings (SSSR count). The van der Waals surface area contributed by atoms with E-state index in [1.165, 1.54) is 212 Å². The lowest BCUT2D eigenvalue weighted by Gasteiger charge is -2.25. The molecule has 2 atom stereocenters. The van der Waals surface area contributed by atoms with Gasteiger partial charge in [-0.3, -0.25) is 9.59 Å². The number of allylic oxidation sites excluding steroid dienone is 18. The predicted octanol–water partition coefficient (Wildman–Crippen LogP) is 24.1. The highest BCUT2D eigenvalue weighted by Gasteiger charge is 2.25. The predicted molar refractivity (Wildman–Crippen MR) is 392 cm³/mol. The topological polar surface area (TPSA) is 108 Å². The van der Waals surface area contributed by atoms with Crippen LogP contribution in [0.5, 0.6) is 0 Å². The van der Waals surface area contributed by atoms with Crippen molar-refractivity contribution >= 4 is 17.9 Å². The molecule has 0 radical (unpaired) electrons. The zero-order valence-corrected chi connectivity index (χ0v) is 60.0. The summed E-state index contributed by atoms with van der Waals surface area (Å²) in [6.45, 7) is 4.69. The van der Waals surface area contributed by atoms with Gasteiger partial charge in [0.25, 0.3) is 6.29 Å². The van der Waals surface area contributed by atoms with Crippen LogP contribution in [0, 0.1) is 0 Å². The van der Waals surface area contributed by atoms with Crippen molar-refractivity contribution in [3.63, 3.8) is 0 Å². The summed E-state index contributed by atoms with van der Waals surface area (Å²) in [6, 6.07) is 0. The normalized spacial score (nSPS) is 13.3. The quantitative estimate of drug-likeness (QED) is 0.0211. The first-order chi connectivity index (χ1) is 44.6. The van der Waals surface area contributed by atoms with Crippen LogP contribution in [-0.4, -0.2) is 87.4 Å². The molecule has 0 saturated carbocycles. The molecule has 0 aromatic carbocycles. The average molecular weight is 1270 g/mol. The zero-order chi connectivity index (χ0) is 66.1. The van der Waals surface area contributed by atoms with E-state index in [-0.39, 0.29) is 38.2 Å². The number of rotatable bonds is 70. The molecule has 0 fully saturated rings. The number of hydrogen-bond donors (Lipinski definition) is 1. The lowest BCUT2D eigenvalue weighted by Crippen LogP contribution is -2.40. The van der Waals surface area contributed by atoms with Crippen molar-refractivity contribution in [1.29, 1.82) is 0 Å². The molecule has 0 heterocycles. The third kappa shape index (κ3) is 73.2. The average Bonchev–Trinajstić information content (AvgIpc) is 3.50. The molecule has 0 aliphatic rings. The molecule has 0 bridgehead atoms. The Labute approximate surface area is 562 Å². The third-order valence-electron chi connectivity index (χ3n) is 16.5. The number of hydrogen-bond acceptors (Lipinski definition) is 7. The number of ether oxygens (including phenoxy) is 4. The van der Waals surface area contributed by atoms with Crippen molar-refractivity contribution in [3.05, 3.63) is 109 Å². The molecule has 0 aliphatic heterocycles. The Morgan fingerprint density at radius 2 is 0.593 bits per heavy atom. The maximum atomic E-state index is 13.0. The van der Waals surface area contributed by atoms with E-state index in [0.29, 0.717) is 17.4 Å². The third-order valence-corrected chi connectivity index (χ3v) is 16.5. The first-order valence-corrected chi connectivity index (χ1v) is 38.1. The first-order valence-electron chi connectivity index (χ1n) is 38.1. The van der Waals surface area contributed by atoms with Crippen LogP contribution in [-0.2, 0) is 33.3 Å². The van der Waals surface area contributed by atoms with Crippen molar-refractivity contribution in [2.75, 3.05) is 47.5 Å². The molecule has 0 saturated heterocycles. The van der Waals surface area contributed by atoms with Gasteiger partial charge in [0.05, 0.1) is 34.4 Å². The van der Waals surface area contributed by atoms with Crippen LogP contribution in [0.25, 0.3) is 0 Å². The van der Waals surface area contributed by atoms with Crippen LogP contribution in [0.4, 0.5) is 0 Å². The van der Waals surface area contributed by atoms with Crippen molar-refractivity contribution < 1.29 is 42.9 Å². The number of unbranched alkanes of at least 4 members (excludes halogenated alkanes) is 37. The van der Waals surface area contributed by atoms with Gasteiger partial charge in [-0.25, -0.2) is 4.79 Å². The molecular formula is C82H144NO8+. The van der Waals surface area contributed by atoms with E-state index < -0.39 is 18.4 Å². The summed E-state index contributed by atoms with van der Waals surface area (Å²) in [4.78, 5) is 37.7. The van der Waals surface area contributed by atoms with E-state index in [0.717, 1.165) is 96.3 Å². The van der Waals surface area contributed by atoms with Gasteiger partial charge in [-0.2, -0.15) is 0 Å². The van der Waals surface area contributed by atoms with Gasteiger partial charge in [0.1, 0.15) is 13.2 Å². The van der Waals surface area contributed by atoms with Gasteiger partial charge >= 0.3 is 17.9 Å². The zero-order valence-electron chi connectivity index (χ0n) is 60.0. The Morgan fingerprint density at radius 1 is 0.330 bits per heavy atom. The highest BCUT2D eigenvalue weighted by atomic mass is 16.7. The van der Waals surface area contributed by atoms with Crippen LogP contribution in [0.15, 0.2) is 109 Å². The summed E-state index contributed by atoms with van der Waals surface area (Å²) in [5, 5.41) is 9.77. The van der Waals surface area contributed by atoms with E-state index in [1.54, 1.807) is 0 Å². The summed E-state index contributed by atoms with van der Waals surface area (Å²) in [5.41, 5.74) is 0. The number of carbonyl (C=O) groups is 3. The standard InChI is InChI=1S/C82H143NO8/c1-6-8-10-12-14-16-18-20-22-24-26-28-30-32-34-36-37-38-39-40-41-42-43-45-47-49-51-53-55-57-59-61-63-65-67-69-71-73-80(85)91-78(77-90-82(81(86)87)88-75-74-83(3,4)5)76-89-79(84)72-70-68-66-64-62-60-58-56-54-52-50-48-46-44-35-33-31-29-27-25-23-21-19-17-15-13-11-9-7-2/h8-11,14-17,20-23,26-29,32,34,78,82H,6-7,12-13,18-19,24-25,30-31,33,35-77H2,1-5H3/p+1/b10-8-,11-9-,16-14-,17-15-,22-20-,23-21-,28-26-,29-27-,34-32-. The van der Waals surface area contributed by atoms with Gasteiger partial charge < -0.3 is 28.5 Å². The largest absolute Gasteiger partial charge is 0.477 e. The Kier molecular flexibility index (Phi) is 68.6. The summed E-state index contributed by atoms with van der Waals surface area (Å²) in [6.07, 6.45) is 98.0. The molecule has 0 aromatic heterocycles. The molecule has 9 nitrogen and oxygen atoms in total. The second-order valence-electron chi connectivity index (χ2n) is 26.6. The maximum absolute atomic E-state index is 13.0. The number of carboxylic acid groups (broad SMARTS) is 1. The van der Waals surface area contributed by atoms with Crippen LogP contribution in [0.1, 0.15) is 335 Å². The summed E-state index contributed by atoms with van der Waals surface area (Å²) >= 11 is 0. The van der Waals surface area contributed by atoms with Crippen LogP contribution >= 0.6 is 0 Å². The second kappa shape index (κ2) is 71.8. The fourth-order valence-electron chi connectivity index (χ4n) is 10.8. The minimum Gasteiger partial charge on any atom is -0.477 e. The van der Waals surface area contributed by atoms with E-state index in [4.69, 9.17) is 18.9 Å². The lowest BCUT2D eigenvalue weighted by molar-refractivity contribution is -0.870. The Morgan fingerprint density at radius 3 is 0.879 bits per heavy atom. The number of aliphatic carboxylic acids is 1. The van der Waals surface area contributed by atoms with Gasteiger partial charge in [-0.15, -0.1) is 0 Å². The SMILES string of the molecule is CC/C=C\C/C=C\C/C=C\C/C=C\C/C=C\CCCCCCCCCCCCCCCCCCCCCCCC(=O)OC(COC(=O)CCCCCCCCCCCCCCCCCC/C=C\C/C=C\C/C=C\C/C=C\CC)COC(OCC[N+](C)(C)C)C(=O)O. The van der Waals surface area contributed by atoms with E-state index in [1.807, 2.05) is 21.1 Å². The number of nitrogens with zero attached hydrogens (tertiary/aromatic N) is 1.